The maximum Gasteiger partial charge on any atom is 0.203 e. The van der Waals surface area contributed by atoms with E-state index in [4.69, 9.17) is 14.4 Å². The number of hydrogen-bond acceptors (Lipinski definition) is 5. The Bertz CT molecular complexity index is 355. The highest BCUT2D eigenvalue weighted by Crippen LogP contribution is 2.05. The number of nitrogens with zero attached hydrogens (tertiary/aromatic N) is 2. The van der Waals surface area contributed by atoms with Gasteiger partial charge in [-0.15, -0.1) is 0 Å². The normalized spacial score (nSPS) is 10.7. The topological polar surface area (TPSA) is 61.4 Å². The van der Waals surface area contributed by atoms with Crippen LogP contribution in [0.1, 0.15) is 11.5 Å². The second-order valence-electron chi connectivity index (χ2n) is 3.97. The first-order valence-corrected chi connectivity index (χ1v) is 5.64. The summed E-state index contributed by atoms with van der Waals surface area (Å²) in [7, 11) is 4.04. The van der Waals surface area contributed by atoms with Crippen molar-refractivity contribution in [2.24, 2.45) is 0 Å². The molecule has 0 saturated carbocycles. The molecule has 94 valence electrons. The van der Waals surface area contributed by atoms with Gasteiger partial charge in [0.25, 0.3) is 0 Å². The number of likely N-dealkylation sites (N-methyl/N-ethyl adjacent to an activating group) is 1. The lowest BCUT2D eigenvalue weighted by Crippen LogP contribution is -2.22. The minimum atomic E-state index is 0.351. The minimum absolute atomic E-state index is 0.351. The van der Waals surface area contributed by atoms with Crippen molar-refractivity contribution < 1.29 is 9.15 Å². The smallest absolute Gasteiger partial charge is 0.203 e. The van der Waals surface area contributed by atoms with Gasteiger partial charge in [0.05, 0.1) is 19.8 Å². The molecule has 1 aromatic heterocycles. The van der Waals surface area contributed by atoms with Gasteiger partial charge in [-0.1, -0.05) is 0 Å². The predicted octanol–water partition coefficient (Wildman–Crippen LogP) is 0.819. The molecule has 0 aromatic carbocycles. The van der Waals surface area contributed by atoms with Crippen molar-refractivity contribution in [2.75, 3.05) is 40.4 Å². The second kappa shape index (κ2) is 7.85. The largest absolute Gasteiger partial charge is 0.449 e. The third-order valence-corrected chi connectivity index (χ3v) is 2.18. The number of nitrogens with one attached hydrogen (secondary N) is 1. The first-order chi connectivity index (χ1) is 8.22. The van der Waals surface area contributed by atoms with Gasteiger partial charge in [-0.05, 0) is 26.2 Å². The highest BCUT2D eigenvalue weighted by atomic mass is 16.5. The van der Waals surface area contributed by atoms with Crippen LogP contribution in [0, 0.1) is 11.3 Å². The molecule has 0 spiro atoms. The molecule has 0 bridgehead atoms. The molecule has 1 rings (SSSR count). The quantitative estimate of drug-likeness (QED) is 0.678. The molecule has 0 saturated heterocycles. The van der Waals surface area contributed by atoms with E-state index in [0.29, 0.717) is 18.9 Å². The molecular formula is C12H19N3O2. The fourth-order valence-corrected chi connectivity index (χ4v) is 1.24. The number of rotatable bonds is 8. The van der Waals surface area contributed by atoms with Gasteiger partial charge in [-0.2, -0.15) is 5.26 Å². The number of furan rings is 1. The van der Waals surface area contributed by atoms with E-state index in [9.17, 15) is 0 Å². The Kier molecular flexibility index (Phi) is 6.33. The van der Waals surface area contributed by atoms with Crippen molar-refractivity contribution >= 4 is 0 Å². The third-order valence-electron chi connectivity index (χ3n) is 2.18. The Balaban J connectivity index is 1.99. The zero-order chi connectivity index (χ0) is 12.5. The maximum absolute atomic E-state index is 8.58. The Morgan fingerprint density at radius 2 is 2.24 bits per heavy atom. The summed E-state index contributed by atoms with van der Waals surface area (Å²) in [6.07, 6.45) is 0. The van der Waals surface area contributed by atoms with Crippen LogP contribution in [-0.2, 0) is 11.3 Å². The SMILES string of the molecule is CN(C)CCOCCNCc1ccc(C#N)o1. The van der Waals surface area contributed by atoms with E-state index in [-0.39, 0.29) is 0 Å². The molecule has 0 unspecified atom stereocenters. The lowest BCUT2D eigenvalue weighted by Gasteiger charge is -2.09. The van der Waals surface area contributed by atoms with Crippen LogP contribution in [0.15, 0.2) is 16.5 Å². The van der Waals surface area contributed by atoms with Gasteiger partial charge < -0.3 is 19.4 Å². The molecule has 5 heteroatoms. The van der Waals surface area contributed by atoms with Gasteiger partial charge in [0, 0.05) is 13.1 Å². The van der Waals surface area contributed by atoms with Crippen molar-refractivity contribution in [3.05, 3.63) is 23.7 Å². The van der Waals surface area contributed by atoms with Crippen LogP contribution in [-0.4, -0.2) is 45.3 Å². The lowest BCUT2D eigenvalue weighted by molar-refractivity contribution is 0.119. The van der Waals surface area contributed by atoms with Crippen LogP contribution in [0.3, 0.4) is 0 Å². The number of hydrogen-bond donors (Lipinski definition) is 1. The first kappa shape index (κ1) is 13.7. The summed E-state index contributed by atoms with van der Waals surface area (Å²) in [6.45, 7) is 3.76. The highest BCUT2D eigenvalue weighted by Gasteiger charge is 1.99. The fraction of sp³-hybridized carbons (Fsp3) is 0.583. The van der Waals surface area contributed by atoms with E-state index in [1.54, 1.807) is 12.1 Å². The monoisotopic (exact) mass is 237 g/mol. The zero-order valence-corrected chi connectivity index (χ0v) is 10.4. The molecular weight excluding hydrogens is 218 g/mol. The summed E-state index contributed by atoms with van der Waals surface area (Å²) in [6, 6.07) is 5.43. The number of nitriles is 1. The summed E-state index contributed by atoms with van der Waals surface area (Å²) in [5, 5.41) is 11.8. The fourth-order valence-electron chi connectivity index (χ4n) is 1.24. The molecule has 5 nitrogen and oxygen atoms in total. The molecule has 0 atom stereocenters. The van der Waals surface area contributed by atoms with Crippen molar-refractivity contribution in [1.29, 1.82) is 5.26 Å². The minimum Gasteiger partial charge on any atom is -0.449 e. The first-order valence-electron chi connectivity index (χ1n) is 5.64. The van der Waals surface area contributed by atoms with E-state index in [1.807, 2.05) is 20.2 Å². The second-order valence-corrected chi connectivity index (χ2v) is 3.97. The van der Waals surface area contributed by atoms with Gasteiger partial charge in [0.1, 0.15) is 11.8 Å². The van der Waals surface area contributed by atoms with Crippen LogP contribution in [0.4, 0.5) is 0 Å². The average molecular weight is 237 g/mol. The van der Waals surface area contributed by atoms with Crippen LogP contribution < -0.4 is 5.32 Å². The van der Waals surface area contributed by atoms with E-state index < -0.39 is 0 Å². The van der Waals surface area contributed by atoms with Gasteiger partial charge in [-0.3, -0.25) is 0 Å². The summed E-state index contributed by atoms with van der Waals surface area (Å²) in [5.41, 5.74) is 0. The summed E-state index contributed by atoms with van der Waals surface area (Å²) in [5.74, 6) is 1.12. The summed E-state index contributed by atoms with van der Waals surface area (Å²) < 4.78 is 10.6. The Hall–Kier alpha value is -1.35. The van der Waals surface area contributed by atoms with Gasteiger partial charge in [0.15, 0.2) is 0 Å². The highest BCUT2D eigenvalue weighted by molar-refractivity contribution is 5.18. The number of ether oxygens (including phenoxy) is 1. The van der Waals surface area contributed by atoms with Crippen LogP contribution in [0.5, 0.6) is 0 Å². The average Bonchev–Trinajstić information content (AvgIpc) is 2.75. The molecule has 1 N–H and O–H groups in total. The molecule has 0 aliphatic heterocycles. The molecule has 1 heterocycles. The molecule has 0 radical (unpaired) electrons. The van der Waals surface area contributed by atoms with E-state index in [2.05, 4.69) is 10.2 Å². The molecule has 0 fully saturated rings. The van der Waals surface area contributed by atoms with Crippen LogP contribution in [0.2, 0.25) is 0 Å². The Morgan fingerprint density at radius 1 is 1.41 bits per heavy atom. The standard InChI is InChI=1S/C12H19N3O2/c1-15(2)6-8-16-7-5-14-10-12-4-3-11(9-13)17-12/h3-4,14H,5-8,10H2,1-2H3. The van der Waals surface area contributed by atoms with Crippen molar-refractivity contribution in [1.82, 2.24) is 10.2 Å². The van der Waals surface area contributed by atoms with Gasteiger partial charge >= 0.3 is 0 Å². The van der Waals surface area contributed by atoms with E-state index in [1.165, 1.54) is 0 Å². The van der Waals surface area contributed by atoms with Crippen LogP contribution >= 0.6 is 0 Å². The van der Waals surface area contributed by atoms with Gasteiger partial charge in [0.2, 0.25) is 5.76 Å². The van der Waals surface area contributed by atoms with Crippen LogP contribution in [0.25, 0.3) is 0 Å². The molecule has 0 aliphatic rings. The Morgan fingerprint density at radius 3 is 2.88 bits per heavy atom. The van der Waals surface area contributed by atoms with E-state index >= 15 is 0 Å². The van der Waals surface area contributed by atoms with Crippen molar-refractivity contribution in [2.45, 2.75) is 6.54 Å². The molecule has 17 heavy (non-hydrogen) atoms. The summed E-state index contributed by atoms with van der Waals surface area (Å²) >= 11 is 0. The predicted molar refractivity (Wildman–Crippen MR) is 64.5 cm³/mol. The molecule has 0 aliphatic carbocycles. The maximum atomic E-state index is 8.58. The van der Waals surface area contributed by atoms with Gasteiger partial charge in [-0.25, -0.2) is 0 Å². The third kappa shape index (κ3) is 6.07. The van der Waals surface area contributed by atoms with Crippen molar-refractivity contribution in [3.8, 4) is 6.07 Å². The zero-order valence-electron chi connectivity index (χ0n) is 10.4. The van der Waals surface area contributed by atoms with Crippen molar-refractivity contribution in [3.63, 3.8) is 0 Å². The lowest BCUT2D eigenvalue weighted by atomic mass is 10.4. The molecule has 1 aromatic rings. The Labute approximate surface area is 102 Å². The van der Waals surface area contributed by atoms with E-state index in [0.717, 1.165) is 25.5 Å². The summed E-state index contributed by atoms with van der Waals surface area (Å²) in [4.78, 5) is 2.08. The molecule has 0 amide bonds.